The summed E-state index contributed by atoms with van der Waals surface area (Å²) in [5, 5.41) is 4.61. The van der Waals surface area contributed by atoms with E-state index in [1.54, 1.807) is 0 Å². The molecule has 0 aliphatic carbocycles. The van der Waals surface area contributed by atoms with Crippen LogP contribution >= 0.6 is 23.8 Å². The van der Waals surface area contributed by atoms with Crippen LogP contribution in [0.1, 0.15) is 19.4 Å². The van der Waals surface area contributed by atoms with Crippen LogP contribution < -0.4 is 5.32 Å². The quantitative estimate of drug-likeness (QED) is 0.489. The molecule has 0 fully saturated rings. The van der Waals surface area contributed by atoms with Crippen molar-refractivity contribution in [1.82, 2.24) is 4.90 Å². The third-order valence-corrected chi connectivity index (χ3v) is 4.00. The van der Waals surface area contributed by atoms with Gasteiger partial charge in [-0.15, -0.1) is 0 Å². The van der Waals surface area contributed by atoms with Crippen LogP contribution in [0.3, 0.4) is 0 Å². The van der Waals surface area contributed by atoms with Gasteiger partial charge in [0.05, 0.1) is 0 Å². The number of nitrogens with one attached hydrogen (secondary N) is 1. The van der Waals surface area contributed by atoms with Gasteiger partial charge in [-0.25, -0.2) is 4.99 Å². The zero-order valence-electron chi connectivity index (χ0n) is 13.3. The summed E-state index contributed by atoms with van der Waals surface area (Å²) >= 11 is 11.4. The summed E-state index contributed by atoms with van der Waals surface area (Å²) in [5.74, 6) is 0.713. The monoisotopic (exact) mass is 345 g/mol. The van der Waals surface area contributed by atoms with Crippen LogP contribution in [0.2, 0.25) is 5.02 Å². The maximum atomic E-state index is 5.98. The second-order valence-corrected chi connectivity index (χ2v) is 5.71. The highest BCUT2D eigenvalue weighted by Gasteiger charge is 2.09. The van der Waals surface area contributed by atoms with Gasteiger partial charge in [0.25, 0.3) is 0 Å². The summed E-state index contributed by atoms with van der Waals surface area (Å²) < 4.78 is 0. The highest BCUT2D eigenvalue weighted by atomic mass is 35.5. The first-order valence-electron chi connectivity index (χ1n) is 7.59. The SMILES string of the molecule is CCN(CC)C(=S)/N=C(/Nc1ccccc1)c1ccc(Cl)cc1. The Labute approximate surface area is 148 Å². The highest BCUT2D eigenvalue weighted by molar-refractivity contribution is 7.80. The van der Waals surface area contributed by atoms with E-state index in [4.69, 9.17) is 23.8 Å². The van der Waals surface area contributed by atoms with Crippen molar-refractivity contribution in [2.75, 3.05) is 18.4 Å². The van der Waals surface area contributed by atoms with E-state index in [-0.39, 0.29) is 0 Å². The molecule has 1 N–H and O–H groups in total. The van der Waals surface area contributed by atoms with Gasteiger partial charge in [0.15, 0.2) is 5.11 Å². The fraction of sp³-hybridized carbons (Fsp3) is 0.222. The molecule has 120 valence electrons. The van der Waals surface area contributed by atoms with Gasteiger partial charge in [0.2, 0.25) is 0 Å². The minimum atomic E-state index is 0.573. The van der Waals surface area contributed by atoms with Crippen LogP contribution in [-0.2, 0) is 0 Å². The lowest BCUT2D eigenvalue weighted by Crippen LogP contribution is -2.29. The van der Waals surface area contributed by atoms with Crippen LogP contribution in [0.15, 0.2) is 59.6 Å². The standard InChI is InChI=1S/C18H20ClN3S/c1-3-22(4-2)18(23)21-17(14-10-12-15(19)13-11-14)20-16-8-6-5-7-9-16/h5-13H,3-4H2,1-2H3,(H,20,21,23). The van der Waals surface area contributed by atoms with Crippen molar-refractivity contribution < 1.29 is 0 Å². The minimum Gasteiger partial charge on any atom is -0.348 e. The number of para-hydroxylation sites is 1. The number of anilines is 1. The van der Waals surface area contributed by atoms with E-state index in [0.29, 0.717) is 16.0 Å². The molecule has 0 unspecified atom stereocenters. The highest BCUT2D eigenvalue weighted by Crippen LogP contribution is 2.14. The summed E-state index contributed by atoms with van der Waals surface area (Å²) in [6.45, 7) is 5.80. The van der Waals surface area contributed by atoms with E-state index in [1.165, 1.54) is 0 Å². The Morgan fingerprint density at radius 1 is 1.04 bits per heavy atom. The number of hydrogen-bond donors (Lipinski definition) is 1. The molecule has 5 heteroatoms. The smallest absolute Gasteiger partial charge is 0.197 e. The molecular weight excluding hydrogens is 326 g/mol. The lowest BCUT2D eigenvalue weighted by Gasteiger charge is -2.19. The largest absolute Gasteiger partial charge is 0.348 e. The summed E-state index contributed by atoms with van der Waals surface area (Å²) in [7, 11) is 0. The number of hydrogen-bond acceptors (Lipinski definition) is 1. The molecule has 2 rings (SSSR count). The first-order valence-corrected chi connectivity index (χ1v) is 8.38. The summed E-state index contributed by atoms with van der Waals surface area (Å²) in [6.07, 6.45) is 0. The number of aliphatic imine (C=N–C) groups is 1. The van der Waals surface area contributed by atoms with Crippen LogP contribution in [0.4, 0.5) is 5.69 Å². The van der Waals surface area contributed by atoms with Crippen molar-refractivity contribution in [1.29, 1.82) is 0 Å². The number of amidine groups is 1. The fourth-order valence-electron chi connectivity index (χ4n) is 2.09. The normalized spacial score (nSPS) is 11.2. The summed E-state index contributed by atoms with van der Waals surface area (Å²) in [4.78, 5) is 6.67. The van der Waals surface area contributed by atoms with E-state index in [9.17, 15) is 0 Å². The van der Waals surface area contributed by atoms with Crippen molar-refractivity contribution in [3.05, 3.63) is 65.2 Å². The molecule has 2 aromatic rings. The molecule has 0 bridgehead atoms. The van der Waals surface area contributed by atoms with E-state index < -0.39 is 0 Å². The molecule has 0 saturated heterocycles. The molecular formula is C18H20ClN3S. The second kappa shape index (κ2) is 8.65. The molecule has 0 saturated carbocycles. The van der Waals surface area contributed by atoms with Crippen molar-refractivity contribution in [2.45, 2.75) is 13.8 Å². The molecule has 0 atom stereocenters. The van der Waals surface area contributed by atoms with Gasteiger partial charge < -0.3 is 10.2 Å². The molecule has 0 aromatic heterocycles. The van der Waals surface area contributed by atoms with Crippen molar-refractivity contribution in [3.8, 4) is 0 Å². The van der Waals surface area contributed by atoms with E-state index in [1.807, 2.05) is 59.5 Å². The van der Waals surface area contributed by atoms with Crippen LogP contribution in [0.5, 0.6) is 0 Å². The second-order valence-electron chi connectivity index (χ2n) is 4.91. The molecule has 3 nitrogen and oxygen atoms in total. The lowest BCUT2D eigenvalue weighted by atomic mass is 10.2. The Bertz CT molecular complexity index is 664. The lowest BCUT2D eigenvalue weighted by molar-refractivity contribution is 0.469. The maximum Gasteiger partial charge on any atom is 0.197 e. The first-order chi connectivity index (χ1) is 11.1. The van der Waals surface area contributed by atoms with E-state index in [2.05, 4.69) is 24.2 Å². The van der Waals surface area contributed by atoms with Gasteiger partial charge in [0, 0.05) is 29.4 Å². The Kier molecular flexibility index (Phi) is 6.56. The van der Waals surface area contributed by atoms with Crippen LogP contribution in [0.25, 0.3) is 0 Å². The van der Waals surface area contributed by atoms with Gasteiger partial charge in [-0.3, -0.25) is 0 Å². The number of benzene rings is 2. The van der Waals surface area contributed by atoms with Crippen molar-refractivity contribution in [3.63, 3.8) is 0 Å². The number of thiocarbonyl (C=S) groups is 1. The molecule has 0 amide bonds. The number of rotatable bonds is 4. The van der Waals surface area contributed by atoms with Gasteiger partial charge in [-0.1, -0.05) is 29.8 Å². The van der Waals surface area contributed by atoms with E-state index >= 15 is 0 Å². The first kappa shape index (κ1) is 17.4. The zero-order valence-corrected chi connectivity index (χ0v) is 14.9. The van der Waals surface area contributed by atoms with Crippen molar-refractivity contribution in [2.24, 2.45) is 4.99 Å². The Balaban J connectivity index is 2.34. The predicted molar refractivity (Wildman–Crippen MR) is 104 cm³/mol. The third-order valence-electron chi connectivity index (χ3n) is 3.40. The molecule has 2 aromatic carbocycles. The molecule has 0 spiro atoms. The average molecular weight is 346 g/mol. The molecule has 0 aliphatic heterocycles. The molecule has 0 heterocycles. The Morgan fingerprint density at radius 2 is 1.65 bits per heavy atom. The maximum absolute atomic E-state index is 5.98. The number of halogens is 1. The minimum absolute atomic E-state index is 0.573. The average Bonchev–Trinajstić information content (AvgIpc) is 2.57. The molecule has 0 radical (unpaired) electrons. The van der Waals surface area contributed by atoms with E-state index in [0.717, 1.165) is 24.3 Å². The topological polar surface area (TPSA) is 27.6 Å². The van der Waals surface area contributed by atoms with Gasteiger partial charge >= 0.3 is 0 Å². The Hall–Kier alpha value is -1.91. The van der Waals surface area contributed by atoms with Gasteiger partial charge in [-0.2, -0.15) is 0 Å². The fourth-order valence-corrected chi connectivity index (χ4v) is 2.57. The number of nitrogens with zero attached hydrogens (tertiary/aromatic N) is 2. The van der Waals surface area contributed by atoms with Gasteiger partial charge in [0.1, 0.15) is 5.84 Å². The Morgan fingerprint density at radius 3 is 2.22 bits per heavy atom. The summed E-state index contributed by atoms with van der Waals surface area (Å²) in [5.41, 5.74) is 1.90. The van der Waals surface area contributed by atoms with Crippen molar-refractivity contribution >= 4 is 40.5 Å². The predicted octanol–water partition coefficient (Wildman–Crippen LogP) is 4.83. The third kappa shape index (κ3) is 5.05. The molecule has 0 aliphatic rings. The van der Waals surface area contributed by atoms with Crippen LogP contribution in [0, 0.1) is 0 Å². The van der Waals surface area contributed by atoms with Crippen LogP contribution in [-0.4, -0.2) is 28.9 Å². The molecule has 23 heavy (non-hydrogen) atoms. The van der Waals surface area contributed by atoms with Gasteiger partial charge in [-0.05, 0) is 62.5 Å². The summed E-state index contributed by atoms with van der Waals surface area (Å²) in [6, 6.07) is 17.5. The zero-order chi connectivity index (χ0) is 16.7.